The summed E-state index contributed by atoms with van der Waals surface area (Å²) in [5, 5.41) is 2.30. The lowest BCUT2D eigenvalue weighted by atomic mass is 10.0. The maximum atomic E-state index is 12.8. The molecular weight excluding hydrogens is 538 g/mol. The van der Waals surface area contributed by atoms with Crippen LogP contribution in [-0.2, 0) is 0 Å². The third-order valence-electron chi connectivity index (χ3n) is 6.54. The fourth-order valence-electron chi connectivity index (χ4n) is 4.71. The fraction of sp³-hybridized carbons (Fsp3) is 0. The van der Waals surface area contributed by atoms with Crippen molar-refractivity contribution in [1.29, 1.82) is 0 Å². The molecule has 0 aliphatic carbocycles. The molecule has 0 aliphatic rings. The second kappa shape index (κ2) is 10.00. The zero-order chi connectivity index (χ0) is 26.1. The van der Waals surface area contributed by atoms with Crippen molar-refractivity contribution in [2.75, 3.05) is 0 Å². The average molecular weight is 560 g/mol. The molecule has 0 saturated heterocycles. The van der Waals surface area contributed by atoms with Crippen LogP contribution in [0.4, 0.5) is 0 Å². The smallest absolute Gasteiger partial charge is 0.269 e. The third-order valence-corrected chi connectivity index (χ3v) is 7.07. The highest BCUT2D eigenvalue weighted by molar-refractivity contribution is 9.10. The van der Waals surface area contributed by atoms with Gasteiger partial charge >= 0.3 is 0 Å². The summed E-state index contributed by atoms with van der Waals surface area (Å²) < 4.78 is 3.14. The van der Waals surface area contributed by atoms with Crippen LogP contribution < -0.4 is 10.9 Å². The van der Waals surface area contributed by atoms with Gasteiger partial charge in [-0.1, -0.05) is 70.5 Å². The molecule has 0 saturated carbocycles. The van der Waals surface area contributed by atoms with Gasteiger partial charge in [0.2, 0.25) is 0 Å². The van der Waals surface area contributed by atoms with E-state index in [0.717, 1.165) is 43.1 Å². The van der Waals surface area contributed by atoms with E-state index in [2.05, 4.69) is 85.9 Å². The van der Waals surface area contributed by atoms with Crippen LogP contribution in [0.25, 0.3) is 38.6 Å². The Morgan fingerprint density at radius 1 is 0.553 bits per heavy atom. The van der Waals surface area contributed by atoms with Crippen LogP contribution in [0, 0.1) is 0 Å². The van der Waals surface area contributed by atoms with E-state index >= 15 is 0 Å². The van der Waals surface area contributed by atoms with E-state index in [-0.39, 0.29) is 11.8 Å². The first-order chi connectivity index (χ1) is 18.6. The van der Waals surface area contributed by atoms with Crippen molar-refractivity contribution in [1.82, 2.24) is 15.4 Å². The number of hydrogen-bond acceptors (Lipinski definition) is 2. The first-order valence-corrected chi connectivity index (χ1v) is 12.9. The number of hydrazine groups is 1. The molecule has 184 valence electrons. The number of para-hydroxylation sites is 2. The largest absolute Gasteiger partial charge is 0.309 e. The lowest BCUT2D eigenvalue weighted by Gasteiger charge is -2.10. The van der Waals surface area contributed by atoms with Crippen LogP contribution in [0.1, 0.15) is 20.7 Å². The molecule has 0 radical (unpaired) electrons. The van der Waals surface area contributed by atoms with E-state index in [1.54, 1.807) is 30.3 Å². The van der Waals surface area contributed by atoms with Crippen molar-refractivity contribution in [3.05, 3.63) is 137 Å². The molecule has 0 aliphatic heterocycles. The quantitative estimate of drug-likeness (QED) is 0.223. The highest BCUT2D eigenvalue weighted by Crippen LogP contribution is 2.34. The summed E-state index contributed by atoms with van der Waals surface area (Å²) in [5.74, 6) is -0.777. The average Bonchev–Trinajstić information content (AvgIpc) is 3.30. The summed E-state index contributed by atoms with van der Waals surface area (Å²) in [6, 6.07) is 39.4. The molecule has 6 rings (SSSR count). The maximum absolute atomic E-state index is 12.8. The molecule has 0 atom stereocenters. The fourth-order valence-corrected chi connectivity index (χ4v) is 4.97. The van der Waals surface area contributed by atoms with Crippen molar-refractivity contribution in [2.24, 2.45) is 0 Å². The zero-order valence-corrected chi connectivity index (χ0v) is 21.8. The van der Waals surface area contributed by atoms with Gasteiger partial charge in [-0.2, -0.15) is 0 Å². The van der Waals surface area contributed by atoms with Crippen LogP contribution in [0.15, 0.2) is 126 Å². The second-order valence-corrected chi connectivity index (χ2v) is 9.83. The predicted molar refractivity (Wildman–Crippen MR) is 155 cm³/mol. The van der Waals surface area contributed by atoms with Gasteiger partial charge in [0.15, 0.2) is 0 Å². The van der Waals surface area contributed by atoms with Gasteiger partial charge in [0.1, 0.15) is 0 Å². The van der Waals surface area contributed by atoms with E-state index in [1.807, 2.05) is 36.4 Å². The number of rotatable bonds is 4. The van der Waals surface area contributed by atoms with Gasteiger partial charge in [0, 0.05) is 32.1 Å². The summed E-state index contributed by atoms with van der Waals surface area (Å²) in [4.78, 5) is 25.2. The molecule has 2 N–H and O–H groups in total. The van der Waals surface area contributed by atoms with Gasteiger partial charge in [-0.3, -0.25) is 20.4 Å². The Kier molecular flexibility index (Phi) is 6.23. The van der Waals surface area contributed by atoms with E-state index in [9.17, 15) is 9.59 Å². The van der Waals surface area contributed by atoms with E-state index in [4.69, 9.17) is 0 Å². The minimum absolute atomic E-state index is 0.387. The van der Waals surface area contributed by atoms with Crippen molar-refractivity contribution >= 4 is 49.6 Å². The molecule has 6 heteroatoms. The number of aromatic nitrogens is 1. The second-order valence-electron chi connectivity index (χ2n) is 8.92. The number of carbonyl (C=O) groups excluding carboxylic acids is 2. The first-order valence-electron chi connectivity index (χ1n) is 12.1. The van der Waals surface area contributed by atoms with Crippen LogP contribution in [0.3, 0.4) is 0 Å². The molecule has 1 aromatic heterocycles. The number of amides is 2. The molecule has 0 bridgehead atoms. The monoisotopic (exact) mass is 559 g/mol. The van der Waals surface area contributed by atoms with Crippen molar-refractivity contribution in [3.8, 4) is 16.8 Å². The summed E-state index contributed by atoms with van der Waals surface area (Å²) >= 11 is 3.35. The molecule has 5 aromatic carbocycles. The molecule has 2 amide bonds. The van der Waals surface area contributed by atoms with Crippen molar-refractivity contribution in [2.45, 2.75) is 0 Å². The van der Waals surface area contributed by atoms with Gasteiger partial charge in [-0.15, -0.1) is 0 Å². The minimum atomic E-state index is -0.390. The minimum Gasteiger partial charge on any atom is -0.309 e. The number of nitrogens with one attached hydrogen (secondary N) is 2. The Hall–Kier alpha value is -4.68. The van der Waals surface area contributed by atoms with Gasteiger partial charge in [-0.25, -0.2) is 0 Å². The standard InChI is InChI=1S/C32H22BrN3O2/c33-25-16-13-21(14-17-25)31(37)34-35-32(38)24-8-6-7-22(19-24)23-15-18-30-28(20-23)27-11-4-5-12-29(27)36(30)26-9-2-1-3-10-26/h1-20H,(H,34,37)(H,35,38). The Morgan fingerprint density at radius 2 is 1.21 bits per heavy atom. The molecular formula is C32H22BrN3O2. The van der Waals surface area contributed by atoms with Gasteiger partial charge in [0.25, 0.3) is 11.8 Å². The number of hydrogen-bond donors (Lipinski definition) is 2. The van der Waals surface area contributed by atoms with Crippen molar-refractivity contribution < 1.29 is 9.59 Å². The van der Waals surface area contributed by atoms with Gasteiger partial charge < -0.3 is 4.57 Å². The Balaban J connectivity index is 1.31. The molecule has 5 nitrogen and oxygen atoms in total. The summed E-state index contributed by atoms with van der Waals surface area (Å²) in [5.41, 5.74) is 11.2. The Bertz CT molecular complexity index is 1810. The molecule has 1 heterocycles. The Labute approximate surface area is 227 Å². The highest BCUT2D eigenvalue weighted by Gasteiger charge is 2.14. The van der Waals surface area contributed by atoms with Crippen molar-refractivity contribution in [3.63, 3.8) is 0 Å². The van der Waals surface area contributed by atoms with Crippen LogP contribution in [-0.4, -0.2) is 16.4 Å². The van der Waals surface area contributed by atoms with Crippen LogP contribution in [0.5, 0.6) is 0 Å². The normalized spacial score (nSPS) is 11.0. The summed E-state index contributed by atoms with van der Waals surface area (Å²) in [7, 11) is 0. The number of nitrogens with zero attached hydrogens (tertiary/aromatic N) is 1. The van der Waals surface area contributed by atoms with E-state index in [1.165, 1.54) is 0 Å². The maximum Gasteiger partial charge on any atom is 0.269 e. The van der Waals surface area contributed by atoms with Gasteiger partial charge in [-0.05, 0) is 77.9 Å². The topological polar surface area (TPSA) is 63.1 Å². The number of carbonyl (C=O) groups is 2. The Morgan fingerprint density at radius 3 is 2.00 bits per heavy atom. The first kappa shape index (κ1) is 23.7. The number of fused-ring (bicyclic) bond motifs is 3. The number of halogens is 1. The molecule has 6 aromatic rings. The number of benzene rings is 5. The lowest BCUT2D eigenvalue weighted by molar-refractivity contribution is 0.0846. The summed E-state index contributed by atoms with van der Waals surface area (Å²) in [6.07, 6.45) is 0. The van der Waals surface area contributed by atoms with E-state index in [0.29, 0.717) is 11.1 Å². The van der Waals surface area contributed by atoms with Gasteiger partial charge in [0.05, 0.1) is 11.0 Å². The highest BCUT2D eigenvalue weighted by atomic mass is 79.9. The third kappa shape index (κ3) is 4.46. The zero-order valence-electron chi connectivity index (χ0n) is 20.2. The van der Waals surface area contributed by atoms with Crippen LogP contribution >= 0.6 is 15.9 Å². The predicted octanol–water partition coefficient (Wildman–Crippen LogP) is 7.29. The lowest BCUT2D eigenvalue weighted by Crippen LogP contribution is -2.41. The molecule has 0 fully saturated rings. The van der Waals surface area contributed by atoms with Crippen LogP contribution in [0.2, 0.25) is 0 Å². The SMILES string of the molecule is O=C(NNC(=O)c1cccc(-c2ccc3c(c2)c2ccccc2n3-c2ccccc2)c1)c1ccc(Br)cc1. The molecule has 0 unspecified atom stereocenters. The molecule has 38 heavy (non-hydrogen) atoms. The molecule has 0 spiro atoms. The van der Waals surface area contributed by atoms with E-state index < -0.39 is 0 Å². The summed E-state index contributed by atoms with van der Waals surface area (Å²) in [6.45, 7) is 0.